The zero-order valence-electron chi connectivity index (χ0n) is 18.3. The third kappa shape index (κ3) is 5.85. The fraction of sp³-hybridized carbons (Fsp3) is 0.261. The Bertz CT molecular complexity index is 1200. The molecule has 3 heterocycles. The number of halogens is 3. The van der Waals surface area contributed by atoms with E-state index >= 15 is 0 Å². The van der Waals surface area contributed by atoms with Crippen molar-refractivity contribution < 1.29 is 18.0 Å². The summed E-state index contributed by atoms with van der Waals surface area (Å²) in [4.78, 5) is 31.2. The SMILES string of the molecule is C/C=C/C1=CC(Nc2nc(/C=C/c3cccc(C(F)(F)F)c3)nc(N3CCNC(=O)C3)n2)=NC1. The number of carbonyl (C=O) groups excluding carboxylic acids is 1. The van der Waals surface area contributed by atoms with Crippen LogP contribution in [0.25, 0.3) is 12.2 Å². The molecule has 4 rings (SSSR count). The van der Waals surface area contributed by atoms with Gasteiger partial charge in [0.2, 0.25) is 17.8 Å². The number of amidine groups is 1. The van der Waals surface area contributed by atoms with E-state index in [4.69, 9.17) is 0 Å². The molecule has 8 nitrogen and oxygen atoms in total. The van der Waals surface area contributed by atoms with Gasteiger partial charge in [0.15, 0.2) is 5.82 Å². The van der Waals surface area contributed by atoms with Gasteiger partial charge in [0, 0.05) is 13.1 Å². The highest BCUT2D eigenvalue weighted by Crippen LogP contribution is 2.30. The van der Waals surface area contributed by atoms with Crippen molar-refractivity contribution in [2.45, 2.75) is 13.1 Å². The van der Waals surface area contributed by atoms with Gasteiger partial charge < -0.3 is 15.5 Å². The first-order chi connectivity index (χ1) is 16.3. The Hall–Kier alpha value is -4.02. The Balaban J connectivity index is 1.63. The molecule has 34 heavy (non-hydrogen) atoms. The van der Waals surface area contributed by atoms with Crippen molar-refractivity contribution in [3.63, 3.8) is 0 Å². The van der Waals surface area contributed by atoms with Gasteiger partial charge in [-0.15, -0.1) is 0 Å². The molecule has 0 bridgehead atoms. The molecule has 1 saturated heterocycles. The molecule has 176 valence electrons. The largest absolute Gasteiger partial charge is 0.416 e. The van der Waals surface area contributed by atoms with Gasteiger partial charge in [-0.3, -0.25) is 9.79 Å². The third-order valence-electron chi connectivity index (χ3n) is 4.98. The minimum Gasteiger partial charge on any atom is -0.353 e. The van der Waals surface area contributed by atoms with Crippen LogP contribution < -0.4 is 15.5 Å². The lowest BCUT2D eigenvalue weighted by atomic mass is 10.1. The number of carbonyl (C=O) groups is 1. The summed E-state index contributed by atoms with van der Waals surface area (Å²) in [5.41, 5.74) is 0.634. The second-order valence-electron chi connectivity index (χ2n) is 7.59. The lowest BCUT2D eigenvalue weighted by Gasteiger charge is -2.26. The van der Waals surface area contributed by atoms with Gasteiger partial charge >= 0.3 is 6.18 Å². The van der Waals surface area contributed by atoms with Crippen LogP contribution in [0.15, 0.2) is 53.1 Å². The maximum atomic E-state index is 13.0. The first-order valence-corrected chi connectivity index (χ1v) is 10.6. The summed E-state index contributed by atoms with van der Waals surface area (Å²) in [6.45, 7) is 3.50. The monoisotopic (exact) mass is 469 g/mol. The Morgan fingerprint density at radius 2 is 2.00 bits per heavy atom. The Labute approximate surface area is 194 Å². The number of rotatable bonds is 5. The van der Waals surface area contributed by atoms with Crippen LogP contribution in [0.4, 0.5) is 25.1 Å². The number of nitrogens with zero attached hydrogens (tertiary/aromatic N) is 5. The molecule has 0 unspecified atom stereocenters. The van der Waals surface area contributed by atoms with Crippen molar-refractivity contribution in [1.29, 1.82) is 0 Å². The first-order valence-electron chi connectivity index (χ1n) is 10.6. The van der Waals surface area contributed by atoms with Crippen molar-refractivity contribution >= 4 is 35.8 Å². The minimum atomic E-state index is -4.43. The highest BCUT2D eigenvalue weighted by Gasteiger charge is 2.30. The predicted octanol–water partition coefficient (Wildman–Crippen LogP) is 3.32. The van der Waals surface area contributed by atoms with E-state index in [1.807, 2.05) is 25.2 Å². The molecule has 0 aliphatic carbocycles. The molecule has 0 radical (unpaired) electrons. The normalized spacial score (nSPS) is 16.7. The van der Waals surface area contributed by atoms with Gasteiger partial charge in [0.1, 0.15) is 5.84 Å². The number of benzene rings is 1. The van der Waals surface area contributed by atoms with E-state index < -0.39 is 11.7 Å². The minimum absolute atomic E-state index is 0.0898. The lowest BCUT2D eigenvalue weighted by molar-refractivity contribution is -0.137. The van der Waals surface area contributed by atoms with Crippen LogP contribution in [-0.4, -0.2) is 52.9 Å². The molecule has 1 aromatic carbocycles. The Kier molecular flexibility index (Phi) is 6.71. The summed E-state index contributed by atoms with van der Waals surface area (Å²) >= 11 is 0. The highest BCUT2D eigenvalue weighted by molar-refractivity contribution is 6.05. The second-order valence-corrected chi connectivity index (χ2v) is 7.59. The molecular weight excluding hydrogens is 447 g/mol. The summed E-state index contributed by atoms with van der Waals surface area (Å²) in [5.74, 6) is 1.16. The number of piperazine rings is 1. The molecule has 1 amide bonds. The van der Waals surface area contributed by atoms with Crippen LogP contribution in [-0.2, 0) is 11.0 Å². The Morgan fingerprint density at radius 1 is 1.15 bits per heavy atom. The second kappa shape index (κ2) is 9.86. The molecule has 0 saturated carbocycles. The summed E-state index contributed by atoms with van der Waals surface area (Å²) in [5, 5.41) is 5.80. The van der Waals surface area contributed by atoms with Crippen molar-refractivity contribution in [1.82, 2.24) is 20.3 Å². The molecule has 11 heteroatoms. The maximum absolute atomic E-state index is 13.0. The molecule has 1 fully saturated rings. The van der Waals surface area contributed by atoms with Crippen molar-refractivity contribution in [2.24, 2.45) is 4.99 Å². The van der Waals surface area contributed by atoms with Crippen molar-refractivity contribution in [3.8, 4) is 0 Å². The van der Waals surface area contributed by atoms with Gasteiger partial charge in [0.05, 0.1) is 18.7 Å². The lowest BCUT2D eigenvalue weighted by Crippen LogP contribution is -2.48. The van der Waals surface area contributed by atoms with E-state index in [-0.39, 0.29) is 30.2 Å². The van der Waals surface area contributed by atoms with E-state index in [0.717, 1.165) is 17.7 Å². The zero-order valence-corrected chi connectivity index (χ0v) is 18.3. The Morgan fingerprint density at radius 3 is 2.76 bits per heavy atom. The number of allylic oxidation sites excluding steroid dienone is 1. The van der Waals surface area contributed by atoms with Gasteiger partial charge in [0.25, 0.3) is 0 Å². The van der Waals surface area contributed by atoms with Gasteiger partial charge in [-0.05, 0) is 42.3 Å². The molecule has 2 aliphatic heterocycles. The molecule has 2 N–H and O–H groups in total. The quantitative estimate of drug-likeness (QED) is 0.698. The number of anilines is 2. The molecule has 0 atom stereocenters. The zero-order chi connectivity index (χ0) is 24.1. The fourth-order valence-corrected chi connectivity index (χ4v) is 3.40. The van der Waals surface area contributed by atoms with Crippen LogP contribution >= 0.6 is 0 Å². The first kappa shape index (κ1) is 23.1. The van der Waals surface area contributed by atoms with E-state index in [1.54, 1.807) is 11.0 Å². The van der Waals surface area contributed by atoms with E-state index in [0.29, 0.717) is 31.0 Å². The van der Waals surface area contributed by atoms with Gasteiger partial charge in [-0.25, -0.2) is 0 Å². The van der Waals surface area contributed by atoms with Crippen LogP contribution in [0.3, 0.4) is 0 Å². The number of aromatic nitrogens is 3. The van der Waals surface area contributed by atoms with Crippen LogP contribution in [0.2, 0.25) is 0 Å². The molecule has 2 aromatic rings. The van der Waals surface area contributed by atoms with E-state index in [9.17, 15) is 18.0 Å². The predicted molar refractivity (Wildman–Crippen MR) is 124 cm³/mol. The molecule has 1 aromatic heterocycles. The number of aliphatic imine (C=N–C) groups is 1. The van der Waals surface area contributed by atoms with Gasteiger partial charge in [-0.2, -0.15) is 28.1 Å². The summed E-state index contributed by atoms with van der Waals surface area (Å²) in [7, 11) is 0. The van der Waals surface area contributed by atoms with Crippen LogP contribution in [0, 0.1) is 0 Å². The van der Waals surface area contributed by atoms with Gasteiger partial charge in [-0.1, -0.05) is 30.4 Å². The number of hydrogen-bond acceptors (Lipinski definition) is 7. The van der Waals surface area contributed by atoms with Crippen LogP contribution in [0.1, 0.15) is 23.9 Å². The molecular formula is C23H22F3N7O. The van der Waals surface area contributed by atoms with Crippen molar-refractivity contribution in [2.75, 3.05) is 36.4 Å². The number of hydrogen-bond donors (Lipinski definition) is 2. The standard InChI is InChI=1S/C23H22F3N7O/c1-2-4-16-12-19(28-13-16)30-21-29-18(31-22(32-21)33-10-9-27-20(34)14-33)8-7-15-5-3-6-17(11-15)23(24,25)26/h2-8,11-12H,9-10,13-14H2,1H3,(H,27,34)(H,28,29,30,31,32)/b4-2+,8-7+. The maximum Gasteiger partial charge on any atom is 0.416 e. The fourth-order valence-electron chi connectivity index (χ4n) is 3.40. The highest BCUT2D eigenvalue weighted by atomic mass is 19.4. The summed E-state index contributed by atoms with van der Waals surface area (Å²) in [6.07, 6.45) is 4.31. The summed E-state index contributed by atoms with van der Waals surface area (Å²) in [6, 6.07) is 4.96. The van der Waals surface area contributed by atoms with Crippen molar-refractivity contribution in [3.05, 3.63) is 65.0 Å². The smallest absolute Gasteiger partial charge is 0.353 e. The topological polar surface area (TPSA) is 95.4 Å². The number of amides is 1. The van der Waals surface area contributed by atoms with E-state index in [1.165, 1.54) is 18.2 Å². The molecule has 2 aliphatic rings. The third-order valence-corrected chi connectivity index (χ3v) is 4.98. The van der Waals surface area contributed by atoms with E-state index in [2.05, 4.69) is 30.6 Å². The van der Waals surface area contributed by atoms with Crippen LogP contribution in [0.5, 0.6) is 0 Å². The number of alkyl halides is 3. The average molecular weight is 469 g/mol. The summed E-state index contributed by atoms with van der Waals surface area (Å²) < 4.78 is 39.1. The average Bonchev–Trinajstić information content (AvgIpc) is 3.24. The molecule has 0 spiro atoms. The number of nitrogens with one attached hydrogen (secondary N) is 2.